The van der Waals surface area contributed by atoms with Gasteiger partial charge in [0.1, 0.15) is 5.82 Å². The molecule has 18 heavy (non-hydrogen) atoms. The van der Waals surface area contributed by atoms with Crippen molar-refractivity contribution in [1.29, 1.82) is 0 Å². The number of amides is 1. The van der Waals surface area contributed by atoms with Crippen molar-refractivity contribution >= 4 is 45.0 Å². The highest BCUT2D eigenvalue weighted by molar-refractivity contribution is 9.10. The van der Waals surface area contributed by atoms with E-state index in [0.29, 0.717) is 21.0 Å². The molecule has 0 aliphatic carbocycles. The molecule has 1 amide bonds. The molecular formula is C11H9BrFN3OS. The van der Waals surface area contributed by atoms with Crippen molar-refractivity contribution in [2.45, 2.75) is 6.92 Å². The first-order valence-electron chi connectivity index (χ1n) is 5.05. The fourth-order valence-electron chi connectivity index (χ4n) is 1.30. The summed E-state index contributed by atoms with van der Waals surface area (Å²) >= 11 is 4.55. The second-order valence-electron chi connectivity index (χ2n) is 3.61. The minimum atomic E-state index is -0.274. The van der Waals surface area contributed by atoms with Gasteiger partial charge < -0.3 is 5.32 Å². The molecule has 94 valence electrons. The van der Waals surface area contributed by atoms with E-state index in [1.165, 1.54) is 24.0 Å². The maximum atomic E-state index is 13.2. The quantitative estimate of drug-likeness (QED) is 0.669. The lowest BCUT2D eigenvalue weighted by molar-refractivity contribution is -0.116. The number of benzene rings is 1. The molecule has 1 heterocycles. The number of carbonyl (C=O) groups excluding carboxylic acids is 1. The van der Waals surface area contributed by atoms with E-state index >= 15 is 0 Å². The van der Waals surface area contributed by atoms with Crippen molar-refractivity contribution < 1.29 is 9.18 Å². The van der Waals surface area contributed by atoms with Crippen LogP contribution in [0.1, 0.15) is 11.1 Å². The smallest absolute Gasteiger partial charge is 0.236 e. The molecule has 7 heteroatoms. The lowest BCUT2D eigenvalue weighted by Crippen LogP contribution is -2.19. The Hall–Kier alpha value is -1.21. The summed E-state index contributed by atoms with van der Waals surface area (Å²) in [5.41, 5.74) is 1.27. The summed E-state index contributed by atoms with van der Waals surface area (Å²) < 4.78 is 13.8. The number of halogens is 2. The zero-order chi connectivity index (χ0) is 13.1. The molecule has 0 unspecified atom stereocenters. The Labute approximate surface area is 116 Å². The molecule has 1 N–H and O–H groups in total. The minimum Gasteiger partial charge on any atom is -0.303 e. The molecular weight excluding hydrogens is 321 g/mol. The van der Waals surface area contributed by atoms with Crippen molar-refractivity contribution in [2.75, 3.05) is 5.75 Å². The molecule has 2 rings (SSSR count). The third kappa shape index (κ3) is 3.17. The summed E-state index contributed by atoms with van der Waals surface area (Å²) in [6.07, 6.45) is 1.51. The second kappa shape index (κ2) is 5.62. The molecule has 0 radical (unpaired) electrons. The van der Waals surface area contributed by atoms with Gasteiger partial charge in [0.2, 0.25) is 5.91 Å². The summed E-state index contributed by atoms with van der Waals surface area (Å²) in [6.45, 7) is 1.68. The summed E-state index contributed by atoms with van der Waals surface area (Å²) in [4.78, 5) is 10.9. The molecule has 0 aromatic heterocycles. The van der Waals surface area contributed by atoms with Crippen LogP contribution in [0.5, 0.6) is 0 Å². The zero-order valence-corrected chi connectivity index (χ0v) is 11.8. The van der Waals surface area contributed by atoms with Crippen LogP contribution in [0.3, 0.4) is 0 Å². The number of amidine groups is 1. The van der Waals surface area contributed by atoms with E-state index < -0.39 is 0 Å². The first-order valence-corrected chi connectivity index (χ1v) is 6.83. The molecule has 4 nitrogen and oxygen atoms in total. The van der Waals surface area contributed by atoms with Gasteiger partial charge in [0.25, 0.3) is 0 Å². The van der Waals surface area contributed by atoms with Gasteiger partial charge in [-0.05, 0) is 24.6 Å². The van der Waals surface area contributed by atoms with Crippen LogP contribution < -0.4 is 5.32 Å². The van der Waals surface area contributed by atoms with Crippen LogP contribution in [0.4, 0.5) is 4.39 Å². The van der Waals surface area contributed by atoms with Gasteiger partial charge in [0.15, 0.2) is 5.17 Å². The number of nitrogens with zero attached hydrogens (tertiary/aromatic N) is 2. The molecule has 1 aliphatic rings. The Balaban J connectivity index is 2.14. The summed E-state index contributed by atoms with van der Waals surface area (Å²) in [5, 5.41) is 10.8. The van der Waals surface area contributed by atoms with E-state index in [0.717, 1.165) is 5.56 Å². The van der Waals surface area contributed by atoms with Gasteiger partial charge in [-0.3, -0.25) is 4.79 Å². The number of hydrogen-bond acceptors (Lipinski definition) is 4. The van der Waals surface area contributed by atoms with E-state index in [1.807, 2.05) is 0 Å². The van der Waals surface area contributed by atoms with Crippen molar-refractivity contribution in [2.24, 2.45) is 10.2 Å². The fourth-order valence-corrected chi connectivity index (χ4v) is 2.35. The SMILES string of the molecule is Cc1cc(C=NN=C2NC(=O)CS2)c(Br)cc1F. The molecule has 0 spiro atoms. The summed E-state index contributed by atoms with van der Waals surface area (Å²) in [7, 11) is 0. The van der Waals surface area contributed by atoms with Crippen LogP contribution in [0, 0.1) is 12.7 Å². The third-order valence-corrected chi connectivity index (χ3v) is 3.76. The standard InChI is InChI=1S/C11H9BrFN3OS/c1-6-2-7(8(12)3-9(6)13)4-14-16-11-15-10(17)5-18-11/h2-4H,5H2,1H3,(H,15,16,17). The van der Waals surface area contributed by atoms with Crippen LogP contribution >= 0.6 is 27.7 Å². The van der Waals surface area contributed by atoms with Gasteiger partial charge in [0.05, 0.1) is 12.0 Å². The van der Waals surface area contributed by atoms with Crippen LogP contribution in [-0.4, -0.2) is 23.0 Å². The number of thioether (sulfide) groups is 1. The Bertz CT molecular complexity index is 559. The minimum absolute atomic E-state index is 0.0762. The number of aryl methyl sites for hydroxylation is 1. The monoisotopic (exact) mass is 329 g/mol. The number of hydrogen-bond donors (Lipinski definition) is 1. The lowest BCUT2D eigenvalue weighted by Gasteiger charge is -2.01. The predicted molar refractivity (Wildman–Crippen MR) is 74.5 cm³/mol. The Morgan fingerprint density at radius 3 is 3.00 bits per heavy atom. The third-order valence-electron chi connectivity index (χ3n) is 2.21. The van der Waals surface area contributed by atoms with Gasteiger partial charge >= 0.3 is 0 Å². The van der Waals surface area contributed by atoms with Crippen molar-refractivity contribution in [3.05, 3.63) is 33.5 Å². The molecule has 1 fully saturated rings. The van der Waals surface area contributed by atoms with Crippen LogP contribution in [0.25, 0.3) is 0 Å². The van der Waals surface area contributed by atoms with Crippen LogP contribution in [0.2, 0.25) is 0 Å². The average Bonchev–Trinajstić information content (AvgIpc) is 2.71. The fraction of sp³-hybridized carbons (Fsp3) is 0.182. The normalized spacial score (nSPS) is 17.7. The molecule has 0 atom stereocenters. The number of rotatable bonds is 2. The largest absolute Gasteiger partial charge is 0.303 e. The Kier molecular flexibility index (Phi) is 4.13. The van der Waals surface area contributed by atoms with E-state index in [-0.39, 0.29) is 11.7 Å². The highest BCUT2D eigenvalue weighted by atomic mass is 79.9. The van der Waals surface area contributed by atoms with Crippen LogP contribution in [-0.2, 0) is 4.79 Å². The van der Waals surface area contributed by atoms with Gasteiger partial charge in [0, 0.05) is 10.0 Å². The van der Waals surface area contributed by atoms with Crippen molar-refractivity contribution in [3.63, 3.8) is 0 Å². The molecule has 1 aromatic rings. The van der Waals surface area contributed by atoms with Crippen molar-refractivity contribution in [3.8, 4) is 0 Å². The lowest BCUT2D eigenvalue weighted by atomic mass is 10.1. The maximum absolute atomic E-state index is 13.2. The highest BCUT2D eigenvalue weighted by Gasteiger charge is 2.15. The second-order valence-corrected chi connectivity index (χ2v) is 5.43. The van der Waals surface area contributed by atoms with E-state index in [4.69, 9.17) is 0 Å². The maximum Gasteiger partial charge on any atom is 0.236 e. The van der Waals surface area contributed by atoms with Gasteiger partial charge in [-0.15, -0.1) is 5.10 Å². The highest BCUT2D eigenvalue weighted by Crippen LogP contribution is 2.19. The molecule has 1 saturated heterocycles. The first-order chi connectivity index (χ1) is 8.56. The van der Waals surface area contributed by atoms with Gasteiger partial charge in [-0.25, -0.2) is 4.39 Å². The Morgan fingerprint density at radius 2 is 2.33 bits per heavy atom. The van der Waals surface area contributed by atoms with Crippen molar-refractivity contribution in [1.82, 2.24) is 5.32 Å². The molecule has 0 saturated carbocycles. The number of carbonyl (C=O) groups is 1. The van der Waals surface area contributed by atoms with E-state index in [9.17, 15) is 9.18 Å². The summed E-state index contributed by atoms with van der Waals surface area (Å²) in [5.74, 6) is 0.0185. The van der Waals surface area contributed by atoms with Crippen LogP contribution in [0.15, 0.2) is 26.8 Å². The molecule has 1 aliphatic heterocycles. The first kappa shape index (κ1) is 13.2. The zero-order valence-electron chi connectivity index (χ0n) is 9.41. The Morgan fingerprint density at radius 1 is 1.56 bits per heavy atom. The number of nitrogens with one attached hydrogen (secondary N) is 1. The van der Waals surface area contributed by atoms with E-state index in [2.05, 4.69) is 31.4 Å². The molecule has 0 bridgehead atoms. The predicted octanol–water partition coefficient (Wildman–Crippen LogP) is 2.45. The van der Waals surface area contributed by atoms with Gasteiger partial charge in [-0.1, -0.05) is 27.7 Å². The summed E-state index contributed by atoms with van der Waals surface area (Å²) in [6, 6.07) is 3.05. The molecule has 1 aromatic carbocycles. The topological polar surface area (TPSA) is 53.8 Å². The van der Waals surface area contributed by atoms with Gasteiger partial charge in [-0.2, -0.15) is 5.10 Å². The average molecular weight is 330 g/mol. The van der Waals surface area contributed by atoms with E-state index in [1.54, 1.807) is 13.0 Å².